The number of H-pyrrole nitrogens is 2. The van der Waals surface area contributed by atoms with Gasteiger partial charge < -0.3 is 4.98 Å². The standard InChI is InChI=1S/C12H9BrN2O2/c13-6-2-1-3-8-4-5-10-9(7-8)11(16)15-12(17)14-10/h4-5,7H,2,6H2,(H2,14,15,16,17). The quantitative estimate of drug-likeness (QED) is 0.616. The maximum atomic E-state index is 11.6. The number of alkyl halides is 1. The van der Waals surface area contributed by atoms with Gasteiger partial charge in [-0.05, 0) is 18.2 Å². The summed E-state index contributed by atoms with van der Waals surface area (Å²) in [6, 6.07) is 5.13. The number of hydrogen-bond donors (Lipinski definition) is 2. The monoisotopic (exact) mass is 292 g/mol. The summed E-state index contributed by atoms with van der Waals surface area (Å²) < 4.78 is 0. The van der Waals surface area contributed by atoms with Gasteiger partial charge in [-0.15, -0.1) is 0 Å². The van der Waals surface area contributed by atoms with Crippen molar-refractivity contribution in [3.8, 4) is 11.8 Å². The summed E-state index contributed by atoms with van der Waals surface area (Å²) in [7, 11) is 0. The van der Waals surface area contributed by atoms with E-state index in [1.165, 1.54) is 0 Å². The molecule has 0 atom stereocenters. The topological polar surface area (TPSA) is 65.7 Å². The fraction of sp³-hybridized carbons (Fsp3) is 0.167. The summed E-state index contributed by atoms with van der Waals surface area (Å²) in [5.74, 6) is 5.92. The van der Waals surface area contributed by atoms with E-state index in [1.807, 2.05) is 0 Å². The van der Waals surface area contributed by atoms with Crippen LogP contribution in [0.15, 0.2) is 27.8 Å². The Morgan fingerprint density at radius 1 is 1.24 bits per heavy atom. The molecule has 0 saturated carbocycles. The predicted molar refractivity (Wildman–Crippen MR) is 70.5 cm³/mol. The number of fused-ring (bicyclic) bond motifs is 1. The number of rotatable bonds is 1. The molecule has 2 N–H and O–H groups in total. The molecule has 0 aliphatic heterocycles. The van der Waals surface area contributed by atoms with Crippen LogP contribution in [0, 0.1) is 11.8 Å². The first-order valence-electron chi connectivity index (χ1n) is 5.02. The van der Waals surface area contributed by atoms with E-state index in [1.54, 1.807) is 18.2 Å². The molecule has 0 aliphatic rings. The van der Waals surface area contributed by atoms with Crippen LogP contribution < -0.4 is 11.2 Å². The molecule has 1 heterocycles. The molecule has 2 rings (SSSR count). The number of aromatic amines is 2. The van der Waals surface area contributed by atoms with Crippen LogP contribution in [0.5, 0.6) is 0 Å². The van der Waals surface area contributed by atoms with E-state index in [2.05, 4.69) is 37.7 Å². The average molecular weight is 293 g/mol. The fourth-order valence-corrected chi connectivity index (χ4v) is 1.65. The molecule has 0 saturated heterocycles. The van der Waals surface area contributed by atoms with Crippen LogP contribution in [0.1, 0.15) is 12.0 Å². The number of benzene rings is 1. The van der Waals surface area contributed by atoms with Gasteiger partial charge >= 0.3 is 5.69 Å². The van der Waals surface area contributed by atoms with Gasteiger partial charge in [0.25, 0.3) is 5.56 Å². The summed E-state index contributed by atoms with van der Waals surface area (Å²) in [5, 5.41) is 1.26. The van der Waals surface area contributed by atoms with Gasteiger partial charge in [-0.1, -0.05) is 27.8 Å². The molecular formula is C12H9BrN2O2. The lowest BCUT2D eigenvalue weighted by atomic mass is 10.1. The molecular weight excluding hydrogens is 284 g/mol. The minimum Gasteiger partial charge on any atom is -0.307 e. The van der Waals surface area contributed by atoms with Gasteiger partial charge in [0.2, 0.25) is 0 Å². The molecule has 1 aromatic heterocycles. The molecule has 5 heteroatoms. The third kappa shape index (κ3) is 2.66. The van der Waals surface area contributed by atoms with E-state index in [4.69, 9.17) is 0 Å². The summed E-state index contributed by atoms with van der Waals surface area (Å²) >= 11 is 3.29. The van der Waals surface area contributed by atoms with Gasteiger partial charge in [-0.2, -0.15) is 0 Å². The van der Waals surface area contributed by atoms with Crippen LogP contribution in [0.25, 0.3) is 10.9 Å². The zero-order valence-corrected chi connectivity index (χ0v) is 10.4. The second-order valence-corrected chi connectivity index (χ2v) is 4.20. The lowest BCUT2D eigenvalue weighted by Gasteiger charge is -1.96. The van der Waals surface area contributed by atoms with Gasteiger partial charge in [0.15, 0.2) is 0 Å². The molecule has 4 nitrogen and oxygen atoms in total. The maximum Gasteiger partial charge on any atom is 0.326 e. The van der Waals surface area contributed by atoms with Crippen molar-refractivity contribution in [1.82, 2.24) is 9.97 Å². The van der Waals surface area contributed by atoms with Crippen LogP contribution in [-0.4, -0.2) is 15.3 Å². The lowest BCUT2D eigenvalue weighted by molar-refractivity contribution is 1.08. The van der Waals surface area contributed by atoms with E-state index in [0.29, 0.717) is 10.9 Å². The minimum absolute atomic E-state index is 0.395. The Hall–Kier alpha value is -1.80. The molecule has 86 valence electrons. The highest BCUT2D eigenvalue weighted by Gasteiger charge is 2.00. The highest BCUT2D eigenvalue weighted by molar-refractivity contribution is 9.09. The van der Waals surface area contributed by atoms with Crippen molar-refractivity contribution in [2.45, 2.75) is 6.42 Å². The molecule has 17 heavy (non-hydrogen) atoms. The van der Waals surface area contributed by atoms with Gasteiger partial charge in [0, 0.05) is 17.3 Å². The summed E-state index contributed by atoms with van der Waals surface area (Å²) in [4.78, 5) is 27.3. The Morgan fingerprint density at radius 3 is 2.82 bits per heavy atom. The van der Waals surface area contributed by atoms with Crippen molar-refractivity contribution in [3.63, 3.8) is 0 Å². The predicted octanol–water partition coefficient (Wildman–Crippen LogP) is 1.35. The maximum absolute atomic E-state index is 11.6. The Labute approximate surface area is 105 Å². The number of hydrogen-bond acceptors (Lipinski definition) is 2. The summed E-state index contributed by atoms with van der Waals surface area (Å²) in [6.07, 6.45) is 0.750. The Bertz CT molecular complexity index is 719. The van der Waals surface area contributed by atoms with E-state index in [0.717, 1.165) is 17.3 Å². The van der Waals surface area contributed by atoms with Crippen molar-refractivity contribution in [3.05, 3.63) is 44.6 Å². The molecule has 0 amide bonds. The van der Waals surface area contributed by atoms with Gasteiger partial charge in [-0.3, -0.25) is 9.78 Å². The van der Waals surface area contributed by atoms with Crippen LogP contribution in [0.2, 0.25) is 0 Å². The number of halogens is 1. The highest BCUT2D eigenvalue weighted by Crippen LogP contribution is 2.07. The molecule has 2 aromatic rings. The largest absolute Gasteiger partial charge is 0.326 e. The average Bonchev–Trinajstić information content (AvgIpc) is 2.30. The highest BCUT2D eigenvalue weighted by atomic mass is 79.9. The van der Waals surface area contributed by atoms with Crippen LogP contribution in [0.3, 0.4) is 0 Å². The van der Waals surface area contributed by atoms with Gasteiger partial charge in [0.05, 0.1) is 10.9 Å². The Morgan fingerprint density at radius 2 is 2.06 bits per heavy atom. The second-order valence-electron chi connectivity index (χ2n) is 3.41. The molecule has 0 fully saturated rings. The van der Waals surface area contributed by atoms with Crippen molar-refractivity contribution in [2.24, 2.45) is 0 Å². The zero-order chi connectivity index (χ0) is 12.3. The zero-order valence-electron chi connectivity index (χ0n) is 8.84. The van der Waals surface area contributed by atoms with Crippen molar-refractivity contribution in [2.75, 3.05) is 5.33 Å². The first-order valence-corrected chi connectivity index (χ1v) is 6.14. The molecule has 1 aromatic carbocycles. The molecule has 0 bridgehead atoms. The van der Waals surface area contributed by atoms with E-state index in [-0.39, 0.29) is 0 Å². The van der Waals surface area contributed by atoms with Crippen LogP contribution in [0.4, 0.5) is 0 Å². The van der Waals surface area contributed by atoms with E-state index in [9.17, 15) is 9.59 Å². The smallest absolute Gasteiger partial charge is 0.307 e. The third-order valence-corrected chi connectivity index (χ3v) is 2.59. The fourth-order valence-electron chi connectivity index (χ4n) is 1.45. The lowest BCUT2D eigenvalue weighted by Crippen LogP contribution is -2.21. The summed E-state index contributed by atoms with van der Waals surface area (Å²) in [6.45, 7) is 0. The van der Waals surface area contributed by atoms with E-state index >= 15 is 0 Å². The number of aromatic nitrogens is 2. The molecule has 0 radical (unpaired) electrons. The van der Waals surface area contributed by atoms with Crippen LogP contribution in [-0.2, 0) is 0 Å². The normalized spacial score (nSPS) is 9.94. The third-order valence-electron chi connectivity index (χ3n) is 2.19. The van der Waals surface area contributed by atoms with Crippen molar-refractivity contribution >= 4 is 26.8 Å². The first kappa shape index (κ1) is 11.7. The molecule has 0 unspecified atom stereocenters. The first-order chi connectivity index (χ1) is 8.20. The number of nitrogens with one attached hydrogen (secondary N) is 2. The second kappa shape index (κ2) is 5.02. The van der Waals surface area contributed by atoms with E-state index < -0.39 is 11.2 Å². The SMILES string of the molecule is O=c1[nH]c(=O)c2cc(C#CCCBr)ccc2[nH]1. The Balaban J connectivity index is 2.56. The van der Waals surface area contributed by atoms with Crippen molar-refractivity contribution in [1.29, 1.82) is 0 Å². The Kier molecular flexibility index (Phi) is 3.45. The molecule has 0 spiro atoms. The summed E-state index contributed by atoms with van der Waals surface area (Å²) in [5.41, 5.74) is 0.384. The van der Waals surface area contributed by atoms with Crippen LogP contribution >= 0.6 is 15.9 Å². The van der Waals surface area contributed by atoms with Crippen molar-refractivity contribution < 1.29 is 0 Å². The van der Waals surface area contributed by atoms with Gasteiger partial charge in [-0.25, -0.2) is 4.79 Å². The minimum atomic E-state index is -0.499. The molecule has 0 aliphatic carbocycles. The van der Waals surface area contributed by atoms with Gasteiger partial charge in [0.1, 0.15) is 0 Å².